The number of pyridine rings is 1. The van der Waals surface area contributed by atoms with Gasteiger partial charge in [0, 0.05) is 16.4 Å². The van der Waals surface area contributed by atoms with E-state index in [1.54, 1.807) is 6.20 Å². The fraction of sp³-hybridized carbons (Fsp3) is 0.154. The van der Waals surface area contributed by atoms with Gasteiger partial charge in [-0.15, -0.1) is 0 Å². The van der Waals surface area contributed by atoms with Crippen molar-refractivity contribution in [1.29, 1.82) is 0 Å². The van der Waals surface area contributed by atoms with Crippen molar-refractivity contribution in [3.8, 4) is 0 Å². The van der Waals surface area contributed by atoms with Gasteiger partial charge in [0.1, 0.15) is 0 Å². The molecule has 0 aliphatic heterocycles. The summed E-state index contributed by atoms with van der Waals surface area (Å²) in [6.45, 7) is 2.10. The van der Waals surface area contributed by atoms with Crippen molar-refractivity contribution in [3.05, 3.63) is 52.4 Å². The zero-order valence-electron chi connectivity index (χ0n) is 9.37. The van der Waals surface area contributed by atoms with Gasteiger partial charge in [-0.25, -0.2) is 9.37 Å². The van der Waals surface area contributed by atoms with Crippen LogP contribution in [0, 0.1) is 5.82 Å². The molecular weight excluding hydrogens is 283 g/mol. The quantitative estimate of drug-likeness (QED) is 0.913. The average molecular weight is 295 g/mol. The number of anilines is 2. The molecule has 2 rings (SSSR count). The maximum absolute atomic E-state index is 13.5. The number of aryl methyl sites for hydroxylation is 1. The van der Waals surface area contributed by atoms with E-state index in [9.17, 15) is 4.39 Å². The van der Waals surface area contributed by atoms with E-state index >= 15 is 0 Å². The van der Waals surface area contributed by atoms with Crippen LogP contribution in [-0.4, -0.2) is 4.98 Å². The Kier molecular flexibility index (Phi) is 3.74. The maximum atomic E-state index is 13.5. The number of nitrogens with one attached hydrogen (secondary N) is 1. The first-order valence-electron chi connectivity index (χ1n) is 5.36. The van der Waals surface area contributed by atoms with Crippen molar-refractivity contribution in [1.82, 2.24) is 4.98 Å². The monoisotopic (exact) mass is 294 g/mol. The molecule has 0 aliphatic carbocycles. The van der Waals surface area contributed by atoms with Crippen molar-refractivity contribution < 1.29 is 4.39 Å². The summed E-state index contributed by atoms with van der Waals surface area (Å²) in [7, 11) is 0. The lowest BCUT2D eigenvalue weighted by Crippen LogP contribution is -1.97. The molecule has 0 amide bonds. The number of hydrogen-bond acceptors (Lipinski definition) is 2. The van der Waals surface area contributed by atoms with E-state index < -0.39 is 0 Å². The van der Waals surface area contributed by atoms with Gasteiger partial charge >= 0.3 is 0 Å². The van der Waals surface area contributed by atoms with Gasteiger partial charge in [0.2, 0.25) is 0 Å². The van der Waals surface area contributed by atoms with Gasteiger partial charge in [-0.2, -0.15) is 0 Å². The number of halogens is 2. The number of nitrogens with zero attached hydrogens (tertiary/aromatic N) is 1. The first kappa shape index (κ1) is 12.0. The van der Waals surface area contributed by atoms with Crippen LogP contribution in [0.2, 0.25) is 0 Å². The van der Waals surface area contributed by atoms with Gasteiger partial charge in [-0.1, -0.05) is 19.1 Å². The zero-order valence-corrected chi connectivity index (χ0v) is 11.0. The van der Waals surface area contributed by atoms with Gasteiger partial charge in [-0.05, 0) is 46.1 Å². The summed E-state index contributed by atoms with van der Waals surface area (Å²) in [5, 5.41) is 2.94. The van der Waals surface area contributed by atoms with Crippen LogP contribution in [0.4, 0.5) is 15.9 Å². The minimum absolute atomic E-state index is 0.234. The summed E-state index contributed by atoms with van der Waals surface area (Å²) in [5.74, 6) is -0.142. The molecule has 0 fully saturated rings. The number of aromatic nitrogens is 1. The molecular formula is C13H12BrFN2. The molecule has 17 heavy (non-hydrogen) atoms. The second-order valence-corrected chi connectivity index (χ2v) is 4.58. The minimum atomic E-state index is -0.376. The lowest BCUT2D eigenvalue weighted by atomic mass is 10.1. The van der Waals surface area contributed by atoms with E-state index in [-0.39, 0.29) is 11.6 Å². The van der Waals surface area contributed by atoms with Crippen LogP contribution in [0.3, 0.4) is 0 Å². The second kappa shape index (κ2) is 5.27. The van der Waals surface area contributed by atoms with Crippen LogP contribution in [0.25, 0.3) is 0 Å². The first-order valence-corrected chi connectivity index (χ1v) is 6.15. The molecule has 1 heterocycles. The highest BCUT2D eigenvalue weighted by Crippen LogP contribution is 2.20. The second-order valence-electron chi connectivity index (χ2n) is 3.66. The lowest BCUT2D eigenvalue weighted by Gasteiger charge is -2.07. The fourth-order valence-electron chi connectivity index (χ4n) is 1.47. The van der Waals surface area contributed by atoms with Crippen molar-refractivity contribution in [2.75, 3.05) is 5.32 Å². The smallest absolute Gasteiger partial charge is 0.166 e. The van der Waals surface area contributed by atoms with Gasteiger partial charge in [-0.3, -0.25) is 0 Å². The van der Waals surface area contributed by atoms with E-state index in [1.165, 1.54) is 11.6 Å². The Morgan fingerprint density at radius 1 is 1.29 bits per heavy atom. The van der Waals surface area contributed by atoms with E-state index in [1.807, 2.05) is 24.3 Å². The third kappa shape index (κ3) is 3.03. The maximum Gasteiger partial charge on any atom is 0.166 e. The van der Waals surface area contributed by atoms with E-state index in [2.05, 4.69) is 33.2 Å². The Morgan fingerprint density at radius 2 is 2.00 bits per heavy atom. The Bertz CT molecular complexity index is 511. The third-order valence-electron chi connectivity index (χ3n) is 2.43. The highest BCUT2D eigenvalue weighted by Gasteiger charge is 2.04. The van der Waals surface area contributed by atoms with Crippen molar-refractivity contribution >= 4 is 27.4 Å². The lowest BCUT2D eigenvalue weighted by molar-refractivity contribution is 0.625. The Hall–Kier alpha value is -1.42. The highest BCUT2D eigenvalue weighted by molar-refractivity contribution is 9.10. The Labute approximate surface area is 108 Å². The van der Waals surface area contributed by atoms with Crippen molar-refractivity contribution in [2.45, 2.75) is 13.3 Å². The zero-order chi connectivity index (χ0) is 12.3. The van der Waals surface area contributed by atoms with E-state index in [0.717, 1.165) is 12.1 Å². The van der Waals surface area contributed by atoms with Crippen molar-refractivity contribution in [2.24, 2.45) is 0 Å². The molecule has 1 aromatic carbocycles. The summed E-state index contributed by atoms with van der Waals surface area (Å²) < 4.78 is 14.2. The molecule has 0 unspecified atom stereocenters. The standard InChI is InChI=1S/C13H12BrFN2/c1-2-9-3-5-11(6-4-9)17-13-12(15)7-10(14)8-16-13/h3-8H,2H2,1H3,(H,16,17). The average Bonchev–Trinajstić information content (AvgIpc) is 2.34. The predicted octanol–water partition coefficient (Wildman–Crippen LogP) is 4.29. The first-order chi connectivity index (χ1) is 8.19. The normalized spacial score (nSPS) is 10.3. The molecule has 2 nitrogen and oxygen atoms in total. The number of rotatable bonds is 3. The van der Waals surface area contributed by atoms with E-state index in [0.29, 0.717) is 4.47 Å². The summed E-state index contributed by atoms with van der Waals surface area (Å²) in [5.41, 5.74) is 2.08. The summed E-state index contributed by atoms with van der Waals surface area (Å²) in [6, 6.07) is 9.25. The molecule has 0 saturated carbocycles. The molecule has 88 valence electrons. The number of hydrogen-bond donors (Lipinski definition) is 1. The molecule has 0 bridgehead atoms. The summed E-state index contributed by atoms with van der Waals surface area (Å²) >= 11 is 3.17. The van der Waals surface area contributed by atoms with Crippen LogP contribution in [-0.2, 0) is 6.42 Å². The summed E-state index contributed by atoms with van der Waals surface area (Å²) in [4.78, 5) is 3.98. The predicted molar refractivity (Wildman–Crippen MR) is 71.0 cm³/mol. The topological polar surface area (TPSA) is 24.9 Å². The molecule has 1 aromatic heterocycles. The van der Waals surface area contributed by atoms with Gasteiger partial charge in [0.15, 0.2) is 11.6 Å². The third-order valence-corrected chi connectivity index (χ3v) is 2.87. The molecule has 2 aromatic rings. The van der Waals surface area contributed by atoms with Crippen LogP contribution >= 0.6 is 15.9 Å². The van der Waals surface area contributed by atoms with Crippen molar-refractivity contribution in [3.63, 3.8) is 0 Å². The van der Waals surface area contributed by atoms with Gasteiger partial charge < -0.3 is 5.32 Å². The molecule has 0 saturated heterocycles. The Morgan fingerprint density at radius 3 is 2.59 bits per heavy atom. The van der Waals surface area contributed by atoms with Crippen LogP contribution < -0.4 is 5.32 Å². The van der Waals surface area contributed by atoms with Crippen LogP contribution in [0.1, 0.15) is 12.5 Å². The number of benzene rings is 1. The molecule has 0 atom stereocenters. The van der Waals surface area contributed by atoms with Gasteiger partial charge in [0.25, 0.3) is 0 Å². The molecule has 1 N–H and O–H groups in total. The largest absolute Gasteiger partial charge is 0.338 e. The van der Waals surface area contributed by atoms with Crippen LogP contribution in [0.15, 0.2) is 41.0 Å². The van der Waals surface area contributed by atoms with E-state index in [4.69, 9.17) is 0 Å². The fourth-order valence-corrected chi connectivity index (χ4v) is 1.77. The SMILES string of the molecule is CCc1ccc(Nc2ncc(Br)cc2F)cc1. The van der Waals surface area contributed by atoms with Gasteiger partial charge in [0.05, 0.1) is 0 Å². The minimum Gasteiger partial charge on any atom is -0.338 e. The molecule has 0 spiro atoms. The highest BCUT2D eigenvalue weighted by atomic mass is 79.9. The summed E-state index contributed by atoms with van der Waals surface area (Å²) in [6.07, 6.45) is 2.55. The molecule has 0 radical (unpaired) electrons. The van der Waals surface area contributed by atoms with Crippen LogP contribution in [0.5, 0.6) is 0 Å². The molecule has 4 heteroatoms. The Balaban J connectivity index is 2.19. The molecule has 0 aliphatic rings.